The number of hydrogen-bond donors (Lipinski definition) is 2. The van der Waals surface area contributed by atoms with Crippen LogP contribution in [0.4, 0.5) is 35.0 Å². The Morgan fingerprint density at radius 2 is 1.61 bits per heavy atom. The van der Waals surface area contributed by atoms with Crippen LogP contribution in [0.5, 0.6) is 0 Å². The van der Waals surface area contributed by atoms with E-state index in [-0.39, 0.29) is 40.2 Å². The van der Waals surface area contributed by atoms with Gasteiger partial charge in [-0.2, -0.15) is 19.7 Å². The van der Waals surface area contributed by atoms with Gasteiger partial charge in [0.25, 0.3) is 5.95 Å². The monoisotopic (exact) mass is 584 g/mol. The summed E-state index contributed by atoms with van der Waals surface area (Å²) in [7, 11) is 0. The number of morpholine rings is 1. The van der Waals surface area contributed by atoms with Gasteiger partial charge in [-0.25, -0.2) is 22.5 Å². The van der Waals surface area contributed by atoms with E-state index in [4.69, 9.17) is 27.8 Å². The third kappa shape index (κ3) is 4.76. The molecular weight excluding hydrogens is 564 g/mol. The highest BCUT2D eigenvalue weighted by Gasteiger charge is 2.25. The Bertz CT molecular complexity index is 1790. The molecule has 3 aromatic heterocycles. The van der Waals surface area contributed by atoms with E-state index in [0.29, 0.717) is 48.3 Å². The van der Waals surface area contributed by atoms with E-state index in [0.717, 1.165) is 6.07 Å². The van der Waals surface area contributed by atoms with Gasteiger partial charge in [-0.05, 0) is 36.4 Å². The van der Waals surface area contributed by atoms with Crippen LogP contribution in [0, 0.1) is 23.3 Å². The number of halogens is 5. The van der Waals surface area contributed by atoms with Crippen LogP contribution in [0.3, 0.4) is 0 Å². The third-order valence-electron chi connectivity index (χ3n) is 6.79. The lowest BCUT2D eigenvalue weighted by Gasteiger charge is -2.28. The number of fused-ring (bicyclic) bond motifs is 1. The summed E-state index contributed by atoms with van der Waals surface area (Å²) in [5.74, 6) is -4.29. The second kappa shape index (κ2) is 10.5. The van der Waals surface area contributed by atoms with Crippen LogP contribution < -0.4 is 16.4 Å². The molecular formula is C27H21ClF4N8O. The molecule has 14 heteroatoms. The molecule has 0 unspecified atom stereocenters. The van der Waals surface area contributed by atoms with Crippen molar-refractivity contribution in [3.05, 3.63) is 82.1 Å². The van der Waals surface area contributed by atoms with Gasteiger partial charge in [0.2, 0.25) is 0 Å². The summed E-state index contributed by atoms with van der Waals surface area (Å²) in [6.45, 7) is 1.82. The molecule has 1 fully saturated rings. The topological polar surface area (TPSA) is 121 Å². The van der Waals surface area contributed by atoms with Crippen molar-refractivity contribution in [2.45, 2.75) is 6.42 Å². The number of nitrogens with two attached hydrogens (primary N) is 2. The Balaban J connectivity index is 1.44. The van der Waals surface area contributed by atoms with Crippen molar-refractivity contribution in [3.63, 3.8) is 0 Å². The number of aromatic nitrogens is 5. The summed E-state index contributed by atoms with van der Waals surface area (Å²) in [5, 5.41) is 5.20. The van der Waals surface area contributed by atoms with Crippen LogP contribution >= 0.6 is 11.6 Å². The summed E-state index contributed by atoms with van der Waals surface area (Å²) in [4.78, 5) is 14.6. The van der Waals surface area contributed by atoms with E-state index in [1.54, 1.807) is 23.1 Å². The van der Waals surface area contributed by atoms with Crippen LogP contribution in [0.15, 0.2) is 42.6 Å². The second-order valence-electron chi connectivity index (χ2n) is 9.28. The Labute approximate surface area is 235 Å². The van der Waals surface area contributed by atoms with Crippen molar-refractivity contribution in [1.82, 2.24) is 24.7 Å². The molecule has 0 amide bonds. The Morgan fingerprint density at radius 3 is 2.34 bits per heavy atom. The molecule has 0 bridgehead atoms. The van der Waals surface area contributed by atoms with Crippen molar-refractivity contribution >= 4 is 40.0 Å². The molecule has 1 aliphatic rings. The molecule has 4 heterocycles. The highest BCUT2D eigenvalue weighted by Crippen LogP contribution is 2.36. The average molecular weight is 585 g/mol. The van der Waals surface area contributed by atoms with Gasteiger partial charge < -0.3 is 21.1 Å². The second-order valence-corrected chi connectivity index (χ2v) is 9.72. The lowest BCUT2D eigenvalue weighted by Crippen LogP contribution is -2.37. The van der Waals surface area contributed by atoms with Crippen LogP contribution in [-0.2, 0) is 11.2 Å². The van der Waals surface area contributed by atoms with Crippen LogP contribution in [0.1, 0.15) is 11.3 Å². The van der Waals surface area contributed by atoms with E-state index < -0.39 is 35.3 Å². The number of rotatable bonds is 5. The summed E-state index contributed by atoms with van der Waals surface area (Å²) in [5.41, 5.74) is 12.8. The Hall–Kier alpha value is -4.49. The normalized spacial score (nSPS) is 13.7. The molecule has 9 nitrogen and oxygen atoms in total. The molecule has 0 radical (unpaired) electrons. The molecule has 0 atom stereocenters. The summed E-state index contributed by atoms with van der Waals surface area (Å²) < 4.78 is 65.0. The molecule has 5 aromatic rings. The predicted molar refractivity (Wildman–Crippen MR) is 146 cm³/mol. The lowest BCUT2D eigenvalue weighted by molar-refractivity contribution is 0.122. The maximum absolute atomic E-state index is 15.6. The van der Waals surface area contributed by atoms with Gasteiger partial charge in [-0.15, -0.1) is 0 Å². The third-order valence-corrected chi connectivity index (χ3v) is 7.03. The number of benzene rings is 2. The summed E-state index contributed by atoms with van der Waals surface area (Å²) >= 11 is 6.19. The van der Waals surface area contributed by atoms with Gasteiger partial charge in [0.15, 0.2) is 23.3 Å². The minimum Gasteiger partial charge on any atom is -0.383 e. The highest BCUT2D eigenvalue weighted by atomic mass is 35.5. The van der Waals surface area contributed by atoms with Crippen LogP contribution in [0.2, 0.25) is 5.02 Å². The molecule has 4 N–H and O–H groups in total. The fourth-order valence-corrected chi connectivity index (χ4v) is 4.98. The van der Waals surface area contributed by atoms with Crippen molar-refractivity contribution in [2.24, 2.45) is 0 Å². The van der Waals surface area contributed by atoms with E-state index in [2.05, 4.69) is 20.1 Å². The fraction of sp³-hybridized carbons (Fsp3) is 0.185. The van der Waals surface area contributed by atoms with E-state index in [1.165, 1.54) is 16.9 Å². The first-order valence-electron chi connectivity index (χ1n) is 12.4. The number of pyridine rings is 1. The minimum atomic E-state index is -1.32. The van der Waals surface area contributed by atoms with Crippen LogP contribution in [-0.4, -0.2) is 51.0 Å². The fourth-order valence-electron chi connectivity index (χ4n) is 4.81. The molecule has 0 spiro atoms. The van der Waals surface area contributed by atoms with E-state index in [9.17, 15) is 13.2 Å². The average Bonchev–Trinajstić information content (AvgIpc) is 3.31. The van der Waals surface area contributed by atoms with E-state index >= 15 is 4.39 Å². The first-order valence-corrected chi connectivity index (χ1v) is 12.8. The van der Waals surface area contributed by atoms with Crippen molar-refractivity contribution in [3.8, 4) is 17.1 Å². The maximum Gasteiger partial charge on any atom is 0.255 e. The number of nitrogen functional groups attached to an aromatic ring is 2. The van der Waals surface area contributed by atoms with Gasteiger partial charge in [0.1, 0.15) is 17.5 Å². The Kier molecular flexibility index (Phi) is 6.83. The molecule has 6 rings (SSSR count). The first kappa shape index (κ1) is 26.7. The lowest BCUT2D eigenvalue weighted by atomic mass is 10.1. The Morgan fingerprint density at radius 1 is 0.902 bits per heavy atom. The zero-order valence-corrected chi connectivity index (χ0v) is 22.0. The number of ether oxygens (including phenoxy) is 1. The molecule has 1 saturated heterocycles. The van der Waals surface area contributed by atoms with Crippen LogP contribution in [0.25, 0.3) is 28.0 Å². The van der Waals surface area contributed by atoms with Crippen molar-refractivity contribution in [1.29, 1.82) is 0 Å². The standard InChI is InChI=1S/C27H21ClF4N8O/c28-13-1-4-20-16(11-13)19(12-15-17(29)2-3-18(30)22(15)31)38-40(20)27-36-24(33)21(25(34)37-27)14-5-6-35-26(23(14)32)39-7-9-41-10-8-39/h1-6,11H,7-10,12H2,(H4,33,34,36,37). The summed E-state index contributed by atoms with van der Waals surface area (Å²) in [6.07, 6.45) is 1.05. The van der Waals surface area contributed by atoms with E-state index in [1.807, 2.05) is 0 Å². The van der Waals surface area contributed by atoms with Gasteiger partial charge in [-0.1, -0.05) is 11.6 Å². The molecule has 0 aliphatic carbocycles. The first-order chi connectivity index (χ1) is 19.7. The molecule has 41 heavy (non-hydrogen) atoms. The van der Waals surface area contributed by atoms with Gasteiger partial charge in [0.05, 0.1) is 30.0 Å². The van der Waals surface area contributed by atoms with Gasteiger partial charge >= 0.3 is 0 Å². The largest absolute Gasteiger partial charge is 0.383 e. The number of hydrogen-bond acceptors (Lipinski definition) is 8. The maximum atomic E-state index is 15.6. The molecule has 0 saturated carbocycles. The molecule has 1 aliphatic heterocycles. The number of nitrogens with zero attached hydrogens (tertiary/aromatic N) is 6. The molecule has 2 aromatic carbocycles. The quantitative estimate of drug-likeness (QED) is 0.226. The SMILES string of the molecule is Nc1nc(-n2nc(Cc3c(F)ccc(F)c3F)c3cc(Cl)ccc32)nc(N)c1-c1ccnc(N2CCOCC2)c1F. The zero-order chi connectivity index (χ0) is 28.8. The number of anilines is 3. The minimum absolute atomic E-state index is 0.0675. The smallest absolute Gasteiger partial charge is 0.255 e. The van der Waals surface area contributed by atoms with Crippen molar-refractivity contribution < 1.29 is 22.3 Å². The predicted octanol–water partition coefficient (Wildman–Crippen LogP) is 4.68. The van der Waals surface area contributed by atoms with Crippen molar-refractivity contribution in [2.75, 3.05) is 42.7 Å². The van der Waals surface area contributed by atoms with Gasteiger partial charge in [-0.3, -0.25) is 0 Å². The summed E-state index contributed by atoms with van der Waals surface area (Å²) in [6, 6.07) is 7.70. The van der Waals surface area contributed by atoms with Gasteiger partial charge in [0, 0.05) is 47.2 Å². The highest BCUT2D eigenvalue weighted by molar-refractivity contribution is 6.31. The molecule has 210 valence electrons. The zero-order valence-electron chi connectivity index (χ0n) is 21.2.